The van der Waals surface area contributed by atoms with Crippen LogP contribution in [0.2, 0.25) is 0 Å². The fourth-order valence-corrected chi connectivity index (χ4v) is 1.45. The van der Waals surface area contributed by atoms with Gasteiger partial charge in [-0.15, -0.1) is 0 Å². The summed E-state index contributed by atoms with van der Waals surface area (Å²) < 4.78 is 4.78. The molecule has 104 valence electrons. The van der Waals surface area contributed by atoms with E-state index in [2.05, 4.69) is 5.32 Å². The van der Waals surface area contributed by atoms with Crippen LogP contribution in [0.1, 0.15) is 27.2 Å². The molecule has 0 heterocycles. The van der Waals surface area contributed by atoms with Crippen LogP contribution in [-0.2, 0) is 14.3 Å². The normalized spacial score (nSPS) is 11.5. The molecule has 0 aromatic rings. The summed E-state index contributed by atoms with van der Waals surface area (Å²) >= 11 is 0. The first kappa shape index (κ1) is 16.2. The molecular formula is C11H21N3O4. The molecule has 3 N–H and O–H groups in total. The van der Waals surface area contributed by atoms with E-state index in [0.29, 0.717) is 13.0 Å². The summed E-state index contributed by atoms with van der Waals surface area (Å²) in [6.45, 7) is 5.66. The van der Waals surface area contributed by atoms with Crippen LogP contribution in [0.25, 0.3) is 0 Å². The number of hydrogen-bond acceptors (Lipinski definition) is 4. The molecule has 1 unspecified atom stereocenters. The van der Waals surface area contributed by atoms with E-state index in [1.54, 1.807) is 6.92 Å². The van der Waals surface area contributed by atoms with E-state index < -0.39 is 18.0 Å². The van der Waals surface area contributed by atoms with E-state index in [0.717, 1.165) is 0 Å². The molecule has 7 nitrogen and oxygen atoms in total. The monoisotopic (exact) mass is 259 g/mol. The van der Waals surface area contributed by atoms with Crippen molar-refractivity contribution in [3.8, 4) is 0 Å². The van der Waals surface area contributed by atoms with Gasteiger partial charge in [0.15, 0.2) is 0 Å². The number of esters is 1. The summed E-state index contributed by atoms with van der Waals surface area (Å²) in [6, 6.07) is -1.54. The number of nitrogens with two attached hydrogens (primary N) is 1. The summed E-state index contributed by atoms with van der Waals surface area (Å²) in [5.74, 6) is -0.825. The minimum Gasteiger partial charge on any atom is -0.465 e. The molecule has 3 amide bonds. The van der Waals surface area contributed by atoms with E-state index in [9.17, 15) is 14.4 Å². The molecule has 0 radical (unpaired) electrons. The minimum atomic E-state index is -0.775. The quantitative estimate of drug-likeness (QED) is 0.620. The number of rotatable bonds is 7. The molecule has 0 saturated carbocycles. The van der Waals surface area contributed by atoms with Gasteiger partial charge in [-0.05, 0) is 20.3 Å². The lowest BCUT2D eigenvalue weighted by Crippen LogP contribution is -2.50. The van der Waals surface area contributed by atoms with Gasteiger partial charge in [0.25, 0.3) is 0 Å². The highest BCUT2D eigenvalue weighted by Crippen LogP contribution is 1.98. The van der Waals surface area contributed by atoms with Gasteiger partial charge in [-0.25, -0.2) is 4.79 Å². The second-order valence-electron chi connectivity index (χ2n) is 3.80. The molecular weight excluding hydrogens is 238 g/mol. The first-order valence-corrected chi connectivity index (χ1v) is 5.92. The molecule has 0 fully saturated rings. The fraction of sp³-hybridized carbons (Fsp3) is 0.727. The number of amides is 3. The Balaban J connectivity index is 4.52. The van der Waals surface area contributed by atoms with Crippen molar-refractivity contribution in [3.05, 3.63) is 0 Å². The molecule has 1 atom stereocenters. The number of nitrogens with zero attached hydrogens (tertiary/aromatic N) is 1. The van der Waals surface area contributed by atoms with E-state index >= 15 is 0 Å². The number of primary amides is 1. The summed E-state index contributed by atoms with van der Waals surface area (Å²) in [5, 5.41) is 2.28. The Morgan fingerprint density at radius 2 is 1.94 bits per heavy atom. The van der Waals surface area contributed by atoms with Crippen LogP contribution in [0, 0.1) is 0 Å². The number of nitrogens with one attached hydrogen (secondary N) is 1. The van der Waals surface area contributed by atoms with Crippen molar-refractivity contribution in [2.45, 2.75) is 33.2 Å². The van der Waals surface area contributed by atoms with Gasteiger partial charge in [0.05, 0.1) is 6.61 Å². The third-order valence-corrected chi connectivity index (χ3v) is 2.16. The lowest BCUT2D eigenvalue weighted by Gasteiger charge is -2.24. The average molecular weight is 259 g/mol. The van der Waals surface area contributed by atoms with Crippen molar-refractivity contribution in [3.63, 3.8) is 0 Å². The van der Waals surface area contributed by atoms with Gasteiger partial charge in [-0.2, -0.15) is 0 Å². The van der Waals surface area contributed by atoms with Crippen molar-refractivity contribution >= 4 is 17.9 Å². The molecule has 18 heavy (non-hydrogen) atoms. The molecule has 0 spiro atoms. The lowest BCUT2D eigenvalue weighted by atomic mass is 10.2. The standard InChI is InChI=1S/C11H21N3O4/c1-4-6-14(7-9(15)18-5-2)10(16)8(3)13-11(12)17/h8H,4-7H2,1-3H3,(H3,12,13,17). The fourth-order valence-electron chi connectivity index (χ4n) is 1.45. The smallest absolute Gasteiger partial charge is 0.325 e. The van der Waals surface area contributed by atoms with E-state index in [1.807, 2.05) is 6.92 Å². The van der Waals surface area contributed by atoms with Crippen LogP contribution in [0.4, 0.5) is 4.79 Å². The minimum absolute atomic E-state index is 0.120. The van der Waals surface area contributed by atoms with Gasteiger partial charge in [0.2, 0.25) is 5.91 Å². The first-order chi connectivity index (χ1) is 8.42. The Labute approximate surface area is 107 Å². The maximum Gasteiger partial charge on any atom is 0.325 e. The summed E-state index contributed by atoms with van der Waals surface area (Å²) in [6.07, 6.45) is 0.703. The van der Waals surface area contributed by atoms with Crippen molar-refractivity contribution in [2.75, 3.05) is 19.7 Å². The van der Waals surface area contributed by atoms with Gasteiger partial charge in [-0.3, -0.25) is 9.59 Å². The Bertz CT molecular complexity index is 307. The lowest BCUT2D eigenvalue weighted by molar-refractivity contribution is -0.149. The zero-order chi connectivity index (χ0) is 14.1. The number of hydrogen-bond donors (Lipinski definition) is 2. The molecule has 0 rings (SSSR count). The largest absolute Gasteiger partial charge is 0.465 e. The second-order valence-corrected chi connectivity index (χ2v) is 3.80. The van der Waals surface area contributed by atoms with Crippen LogP contribution in [0.5, 0.6) is 0 Å². The third kappa shape index (κ3) is 6.07. The van der Waals surface area contributed by atoms with Crippen molar-refractivity contribution < 1.29 is 19.1 Å². The van der Waals surface area contributed by atoms with E-state index in [4.69, 9.17) is 10.5 Å². The van der Waals surface area contributed by atoms with Crippen molar-refractivity contribution in [2.24, 2.45) is 5.73 Å². The van der Waals surface area contributed by atoms with E-state index in [-0.39, 0.29) is 19.1 Å². The van der Waals surface area contributed by atoms with Crippen LogP contribution in [0.3, 0.4) is 0 Å². The number of carbonyl (C=O) groups is 3. The van der Waals surface area contributed by atoms with Crippen molar-refractivity contribution in [1.29, 1.82) is 0 Å². The summed E-state index contributed by atoms with van der Waals surface area (Å²) in [7, 11) is 0. The highest BCUT2D eigenvalue weighted by Gasteiger charge is 2.23. The van der Waals surface area contributed by atoms with Gasteiger partial charge >= 0.3 is 12.0 Å². The van der Waals surface area contributed by atoms with Crippen LogP contribution in [0.15, 0.2) is 0 Å². The van der Waals surface area contributed by atoms with Gasteiger partial charge < -0.3 is 20.7 Å². The molecule has 0 aromatic heterocycles. The highest BCUT2D eigenvalue weighted by atomic mass is 16.5. The maximum atomic E-state index is 12.0. The molecule has 0 aromatic carbocycles. The molecule has 7 heteroatoms. The van der Waals surface area contributed by atoms with Crippen LogP contribution in [-0.4, -0.2) is 48.5 Å². The topological polar surface area (TPSA) is 102 Å². The first-order valence-electron chi connectivity index (χ1n) is 5.92. The third-order valence-electron chi connectivity index (χ3n) is 2.16. The van der Waals surface area contributed by atoms with Gasteiger partial charge in [0, 0.05) is 6.54 Å². The predicted octanol–water partition coefficient (Wildman–Crippen LogP) is -0.155. The maximum absolute atomic E-state index is 12.0. The zero-order valence-electron chi connectivity index (χ0n) is 11.1. The number of urea groups is 1. The van der Waals surface area contributed by atoms with Crippen LogP contribution >= 0.6 is 0 Å². The highest BCUT2D eigenvalue weighted by molar-refractivity contribution is 5.88. The van der Waals surface area contributed by atoms with E-state index in [1.165, 1.54) is 11.8 Å². The average Bonchev–Trinajstić information content (AvgIpc) is 2.26. The molecule has 0 saturated heterocycles. The SMILES string of the molecule is CCCN(CC(=O)OCC)C(=O)C(C)NC(N)=O. The molecule has 0 bridgehead atoms. The summed E-state index contributed by atoms with van der Waals surface area (Å²) in [4.78, 5) is 35.3. The Hall–Kier alpha value is -1.79. The predicted molar refractivity (Wildman–Crippen MR) is 65.7 cm³/mol. The Kier molecular flexibility index (Phi) is 7.50. The number of ether oxygens (including phenoxy) is 1. The number of carbonyl (C=O) groups excluding carboxylic acids is 3. The molecule has 0 aliphatic rings. The Morgan fingerprint density at radius 3 is 2.39 bits per heavy atom. The Morgan fingerprint density at radius 1 is 1.33 bits per heavy atom. The zero-order valence-corrected chi connectivity index (χ0v) is 11.1. The van der Waals surface area contributed by atoms with Crippen molar-refractivity contribution in [1.82, 2.24) is 10.2 Å². The molecule has 0 aliphatic carbocycles. The summed E-state index contributed by atoms with van der Waals surface area (Å²) in [5.41, 5.74) is 4.94. The van der Waals surface area contributed by atoms with Gasteiger partial charge in [-0.1, -0.05) is 6.92 Å². The van der Waals surface area contributed by atoms with Crippen LogP contribution < -0.4 is 11.1 Å². The molecule has 0 aliphatic heterocycles. The van der Waals surface area contributed by atoms with Gasteiger partial charge in [0.1, 0.15) is 12.6 Å². The second kappa shape index (κ2) is 8.32.